The van der Waals surface area contributed by atoms with Crippen LogP contribution in [0, 0.1) is 5.82 Å². The molecule has 0 bridgehead atoms. The lowest BCUT2D eigenvalue weighted by molar-refractivity contribution is 0.626. The number of imidazole rings is 1. The van der Waals surface area contributed by atoms with Gasteiger partial charge in [0.2, 0.25) is 0 Å². The minimum Gasteiger partial charge on any atom is -0.352 e. The Kier molecular flexibility index (Phi) is 5.98. The van der Waals surface area contributed by atoms with Gasteiger partial charge in [0.25, 0.3) is 0 Å². The van der Waals surface area contributed by atoms with Crippen molar-refractivity contribution in [3.8, 4) is 0 Å². The highest BCUT2D eigenvalue weighted by Crippen LogP contribution is 2.05. The molecule has 5 nitrogen and oxygen atoms in total. The van der Waals surface area contributed by atoms with Crippen molar-refractivity contribution in [2.24, 2.45) is 4.99 Å². The number of rotatable bonds is 6. The molecule has 0 amide bonds. The Balaban J connectivity index is 1.54. The molecular weight excluding hydrogens is 329 g/mol. The summed E-state index contributed by atoms with van der Waals surface area (Å²) in [6.07, 6.45) is 3.77. The molecule has 0 atom stereocenters. The van der Waals surface area contributed by atoms with Gasteiger partial charge in [-0.3, -0.25) is 4.99 Å². The molecule has 0 saturated heterocycles. The number of hydrogen-bond acceptors (Lipinski definition) is 2. The van der Waals surface area contributed by atoms with E-state index in [0.29, 0.717) is 19.0 Å². The van der Waals surface area contributed by atoms with E-state index in [1.165, 1.54) is 17.7 Å². The predicted molar refractivity (Wildman–Crippen MR) is 101 cm³/mol. The van der Waals surface area contributed by atoms with Crippen LogP contribution in [0.15, 0.2) is 72.0 Å². The third-order valence-electron chi connectivity index (χ3n) is 4.01. The normalized spacial score (nSPS) is 11.4. The Morgan fingerprint density at radius 3 is 2.46 bits per heavy atom. The van der Waals surface area contributed by atoms with E-state index < -0.39 is 0 Å². The zero-order chi connectivity index (χ0) is 18.2. The topological polar surface area (TPSA) is 54.2 Å². The van der Waals surface area contributed by atoms with Gasteiger partial charge >= 0.3 is 0 Å². The highest BCUT2D eigenvalue weighted by atomic mass is 19.1. The number of aromatic nitrogens is 2. The van der Waals surface area contributed by atoms with Gasteiger partial charge in [0.05, 0.1) is 6.54 Å². The lowest BCUT2D eigenvalue weighted by Gasteiger charge is -2.13. The first-order valence-corrected chi connectivity index (χ1v) is 8.47. The predicted octanol–water partition coefficient (Wildman–Crippen LogP) is 2.94. The Hall–Kier alpha value is -3.15. The molecule has 2 aromatic carbocycles. The Labute approximate surface area is 152 Å². The molecule has 0 aliphatic heterocycles. The van der Waals surface area contributed by atoms with Crippen LogP contribution >= 0.6 is 0 Å². The first-order valence-electron chi connectivity index (χ1n) is 8.47. The summed E-state index contributed by atoms with van der Waals surface area (Å²) in [5, 5.41) is 6.48. The van der Waals surface area contributed by atoms with Gasteiger partial charge in [0.1, 0.15) is 11.6 Å². The molecule has 1 heterocycles. The van der Waals surface area contributed by atoms with Crippen LogP contribution in [0.25, 0.3) is 0 Å². The quantitative estimate of drug-likeness (QED) is 0.530. The Morgan fingerprint density at radius 2 is 1.73 bits per heavy atom. The van der Waals surface area contributed by atoms with Crippen molar-refractivity contribution in [3.63, 3.8) is 0 Å². The maximum atomic E-state index is 13.0. The molecule has 0 radical (unpaired) electrons. The average Bonchev–Trinajstić information content (AvgIpc) is 3.11. The fourth-order valence-corrected chi connectivity index (χ4v) is 2.60. The van der Waals surface area contributed by atoms with E-state index in [2.05, 4.69) is 37.3 Å². The van der Waals surface area contributed by atoms with Crippen LogP contribution in [0.2, 0.25) is 0 Å². The van der Waals surface area contributed by atoms with Gasteiger partial charge < -0.3 is 15.2 Å². The first-order chi connectivity index (χ1) is 12.7. The number of hydrogen-bond donors (Lipinski definition) is 2. The number of nitrogens with zero attached hydrogens (tertiary/aromatic N) is 3. The number of benzene rings is 2. The maximum absolute atomic E-state index is 13.0. The molecule has 0 unspecified atom stereocenters. The van der Waals surface area contributed by atoms with E-state index >= 15 is 0 Å². The van der Waals surface area contributed by atoms with E-state index in [0.717, 1.165) is 17.9 Å². The van der Waals surface area contributed by atoms with E-state index in [4.69, 9.17) is 0 Å². The second kappa shape index (κ2) is 8.80. The minimum absolute atomic E-state index is 0.235. The van der Waals surface area contributed by atoms with Crippen molar-refractivity contribution in [2.75, 3.05) is 7.05 Å². The number of guanidine groups is 1. The molecule has 6 heteroatoms. The van der Waals surface area contributed by atoms with Gasteiger partial charge in [-0.2, -0.15) is 0 Å². The average molecular weight is 351 g/mol. The molecule has 2 N–H and O–H groups in total. The third kappa shape index (κ3) is 4.92. The van der Waals surface area contributed by atoms with Crippen LogP contribution < -0.4 is 10.6 Å². The summed E-state index contributed by atoms with van der Waals surface area (Å²) < 4.78 is 15.1. The molecule has 0 fully saturated rings. The van der Waals surface area contributed by atoms with E-state index in [-0.39, 0.29) is 5.82 Å². The van der Waals surface area contributed by atoms with Crippen LogP contribution in [0.5, 0.6) is 0 Å². The summed E-state index contributed by atoms with van der Waals surface area (Å²) in [4.78, 5) is 8.64. The molecule has 0 aliphatic rings. The van der Waals surface area contributed by atoms with Crippen molar-refractivity contribution in [1.29, 1.82) is 0 Å². The lowest BCUT2D eigenvalue weighted by atomic mass is 10.2. The Morgan fingerprint density at radius 1 is 1.00 bits per heavy atom. The fraction of sp³-hybridized carbons (Fsp3) is 0.200. The summed E-state index contributed by atoms with van der Waals surface area (Å²) in [7, 11) is 1.72. The van der Waals surface area contributed by atoms with Crippen molar-refractivity contribution in [1.82, 2.24) is 20.2 Å². The van der Waals surface area contributed by atoms with Crippen molar-refractivity contribution in [3.05, 3.63) is 89.8 Å². The molecule has 26 heavy (non-hydrogen) atoms. The van der Waals surface area contributed by atoms with Gasteiger partial charge in [-0.15, -0.1) is 0 Å². The number of aliphatic imine (C=N–C) groups is 1. The van der Waals surface area contributed by atoms with Crippen LogP contribution in [-0.2, 0) is 19.6 Å². The smallest absolute Gasteiger partial charge is 0.191 e. The fourth-order valence-electron chi connectivity index (χ4n) is 2.60. The molecular formula is C20H22FN5. The highest BCUT2D eigenvalue weighted by Gasteiger charge is 2.05. The summed E-state index contributed by atoms with van der Waals surface area (Å²) in [5.41, 5.74) is 2.21. The maximum Gasteiger partial charge on any atom is 0.191 e. The molecule has 134 valence electrons. The number of halogens is 1. The van der Waals surface area contributed by atoms with Crippen LogP contribution in [0.3, 0.4) is 0 Å². The lowest BCUT2D eigenvalue weighted by Crippen LogP contribution is -2.37. The monoisotopic (exact) mass is 351 g/mol. The van der Waals surface area contributed by atoms with E-state index in [1.807, 2.05) is 24.4 Å². The van der Waals surface area contributed by atoms with E-state index in [9.17, 15) is 4.39 Å². The number of nitrogens with one attached hydrogen (secondary N) is 2. The second-order valence-electron chi connectivity index (χ2n) is 5.86. The van der Waals surface area contributed by atoms with Crippen LogP contribution in [-0.4, -0.2) is 22.6 Å². The van der Waals surface area contributed by atoms with Gasteiger partial charge in [0, 0.05) is 32.5 Å². The zero-order valence-electron chi connectivity index (χ0n) is 14.7. The minimum atomic E-state index is -0.235. The van der Waals surface area contributed by atoms with Gasteiger partial charge in [0.15, 0.2) is 5.96 Å². The SMILES string of the molecule is CN=C(NCc1ccc(F)cc1)NCc1nccn1Cc1ccccc1. The van der Waals surface area contributed by atoms with Crippen molar-refractivity contribution in [2.45, 2.75) is 19.6 Å². The molecule has 0 spiro atoms. The summed E-state index contributed by atoms with van der Waals surface area (Å²) in [6, 6.07) is 16.7. The molecule has 0 saturated carbocycles. The largest absolute Gasteiger partial charge is 0.352 e. The summed E-state index contributed by atoms with van der Waals surface area (Å²) in [5.74, 6) is 1.36. The first kappa shape index (κ1) is 17.7. The standard InChI is InChI=1S/C20H22FN5/c1-22-20(24-13-16-7-9-18(21)10-8-16)25-14-19-23-11-12-26(19)15-17-5-3-2-4-6-17/h2-12H,13-15H2,1H3,(H2,22,24,25). The van der Waals surface area contributed by atoms with Gasteiger partial charge in [-0.25, -0.2) is 9.37 Å². The van der Waals surface area contributed by atoms with Crippen molar-refractivity contribution >= 4 is 5.96 Å². The van der Waals surface area contributed by atoms with Gasteiger partial charge in [-0.1, -0.05) is 42.5 Å². The second-order valence-corrected chi connectivity index (χ2v) is 5.86. The zero-order valence-corrected chi connectivity index (χ0v) is 14.7. The third-order valence-corrected chi connectivity index (χ3v) is 4.01. The summed E-state index contributed by atoms with van der Waals surface area (Å²) in [6.45, 7) is 1.90. The van der Waals surface area contributed by atoms with Crippen LogP contribution in [0.4, 0.5) is 4.39 Å². The Bertz CT molecular complexity index is 840. The molecule has 3 aromatic rings. The highest BCUT2D eigenvalue weighted by molar-refractivity contribution is 5.79. The summed E-state index contributed by atoms with van der Waals surface area (Å²) >= 11 is 0. The van der Waals surface area contributed by atoms with Crippen molar-refractivity contribution < 1.29 is 4.39 Å². The van der Waals surface area contributed by atoms with E-state index in [1.54, 1.807) is 25.4 Å². The molecule has 3 rings (SSSR count). The molecule has 1 aromatic heterocycles. The van der Waals surface area contributed by atoms with Crippen LogP contribution in [0.1, 0.15) is 17.0 Å². The van der Waals surface area contributed by atoms with Gasteiger partial charge in [-0.05, 0) is 23.3 Å². The molecule has 0 aliphatic carbocycles.